The lowest BCUT2D eigenvalue weighted by Crippen LogP contribution is -2.37. The molecule has 0 aliphatic carbocycles. The topological polar surface area (TPSA) is 50.3 Å². The molecule has 0 unspecified atom stereocenters. The Morgan fingerprint density at radius 3 is 2.33 bits per heavy atom. The predicted molar refractivity (Wildman–Crippen MR) is 82.0 cm³/mol. The second-order valence-electron chi connectivity index (χ2n) is 5.08. The van der Waals surface area contributed by atoms with E-state index in [1.54, 1.807) is 0 Å². The van der Waals surface area contributed by atoms with Gasteiger partial charge in [-0.3, -0.25) is 0 Å². The summed E-state index contributed by atoms with van der Waals surface area (Å²) < 4.78 is 5.33. The Bertz CT molecular complexity index is 538. The molecule has 5 nitrogen and oxygen atoms in total. The van der Waals surface area contributed by atoms with E-state index in [0.717, 1.165) is 50.9 Å². The van der Waals surface area contributed by atoms with Gasteiger partial charge in [-0.05, 0) is 5.56 Å². The van der Waals surface area contributed by atoms with Gasteiger partial charge in [-0.2, -0.15) is 0 Å². The third kappa shape index (κ3) is 4.00. The molecule has 1 aliphatic heterocycles. The molecule has 1 aromatic carbocycles. The molecule has 2 aromatic rings. The van der Waals surface area contributed by atoms with Crippen molar-refractivity contribution in [2.45, 2.75) is 13.1 Å². The Morgan fingerprint density at radius 2 is 1.62 bits per heavy atom. The van der Waals surface area contributed by atoms with Gasteiger partial charge in [0.25, 0.3) is 0 Å². The summed E-state index contributed by atoms with van der Waals surface area (Å²) in [6, 6.07) is 10.4. The van der Waals surface area contributed by atoms with Gasteiger partial charge in [0.05, 0.1) is 13.2 Å². The van der Waals surface area contributed by atoms with Gasteiger partial charge >= 0.3 is 0 Å². The molecule has 0 radical (unpaired) electrons. The van der Waals surface area contributed by atoms with Crippen molar-refractivity contribution >= 4 is 5.95 Å². The van der Waals surface area contributed by atoms with Crippen LogP contribution in [-0.4, -0.2) is 36.3 Å². The summed E-state index contributed by atoms with van der Waals surface area (Å²) in [5, 5.41) is 3.40. The van der Waals surface area contributed by atoms with Crippen LogP contribution in [0.5, 0.6) is 0 Å². The predicted octanol–water partition coefficient (Wildman–Crippen LogP) is 1.60. The van der Waals surface area contributed by atoms with Gasteiger partial charge < -0.3 is 15.0 Å². The van der Waals surface area contributed by atoms with Crippen LogP contribution in [0, 0.1) is 0 Å². The highest BCUT2D eigenvalue weighted by molar-refractivity contribution is 5.30. The average Bonchev–Trinajstić information content (AvgIpc) is 2.57. The first-order valence-electron chi connectivity index (χ1n) is 7.30. The van der Waals surface area contributed by atoms with Gasteiger partial charge in [0.1, 0.15) is 0 Å². The van der Waals surface area contributed by atoms with Gasteiger partial charge in [-0.1, -0.05) is 30.3 Å². The van der Waals surface area contributed by atoms with Crippen LogP contribution in [0.1, 0.15) is 11.1 Å². The molecule has 0 amide bonds. The fourth-order valence-corrected chi connectivity index (χ4v) is 2.31. The summed E-state index contributed by atoms with van der Waals surface area (Å²) in [6.45, 7) is 4.87. The number of anilines is 1. The highest BCUT2D eigenvalue weighted by Crippen LogP contribution is 2.09. The third-order valence-corrected chi connectivity index (χ3v) is 3.49. The molecule has 0 spiro atoms. The van der Waals surface area contributed by atoms with Crippen molar-refractivity contribution in [3.05, 3.63) is 53.9 Å². The molecule has 3 rings (SSSR count). The van der Waals surface area contributed by atoms with E-state index in [1.807, 2.05) is 18.5 Å². The minimum atomic E-state index is 0.754. The van der Waals surface area contributed by atoms with Gasteiger partial charge in [0.2, 0.25) is 5.95 Å². The zero-order valence-electron chi connectivity index (χ0n) is 12.0. The monoisotopic (exact) mass is 284 g/mol. The molecule has 0 atom stereocenters. The number of hydrogen-bond acceptors (Lipinski definition) is 5. The van der Waals surface area contributed by atoms with Crippen molar-refractivity contribution in [2.24, 2.45) is 0 Å². The summed E-state index contributed by atoms with van der Waals surface area (Å²) in [7, 11) is 0. The Balaban J connectivity index is 1.50. The minimum Gasteiger partial charge on any atom is -0.378 e. The van der Waals surface area contributed by atoms with E-state index in [0.29, 0.717) is 0 Å². The smallest absolute Gasteiger partial charge is 0.225 e. The fourth-order valence-electron chi connectivity index (χ4n) is 2.31. The number of morpholine rings is 1. The Hall–Kier alpha value is -1.98. The van der Waals surface area contributed by atoms with E-state index >= 15 is 0 Å². The van der Waals surface area contributed by atoms with E-state index in [4.69, 9.17) is 4.74 Å². The van der Waals surface area contributed by atoms with Crippen molar-refractivity contribution in [1.82, 2.24) is 15.3 Å². The maximum atomic E-state index is 5.33. The van der Waals surface area contributed by atoms with E-state index < -0.39 is 0 Å². The molecule has 1 N–H and O–H groups in total. The highest BCUT2D eigenvalue weighted by Gasteiger charge is 2.13. The zero-order chi connectivity index (χ0) is 14.3. The second kappa shape index (κ2) is 7.15. The van der Waals surface area contributed by atoms with Crippen molar-refractivity contribution in [2.75, 3.05) is 31.2 Å². The number of ether oxygens (including phenoxy) is 1. The summed E-state index contributed by atoms with van der Waals surface area (Å²) >= 11 is 0. The minimum absolute atomic E-state index is 0.754. The first kappa shape index (κ1) is 14.0. The summed E-state index contributed by atoms with van der Waals surface area (Å²) in [5.74, 6) is 0.796. The normalized spacial score (nSPS) is 15.1. The third-order valence-electron chi connectivity index (χ3n) is 3.49. The average molecular weight is 284 g/mol. The lowest BCUT2D eigenvalue weighted by atomic mass is 10.2. The van der Waals surface area contributed by atoms with Crippen LogP contribution in [0.2, 0.25) is 0 Å². The van der Waals surface area contributed by atoms with Crippen molar-refractivity contribution in [3.8, 4) is 0 Å². The summed E-state index contributed by atoms with van der Waals surface area (Å²) in [4.78, 5) is 11.1. The standard InChI is InChI=1S/C16H20N4O/c1-2-4-14(5-3-1)10-17-11-15-12-18-16(19-13-15)20-6-8-21-9-7-20/h1-5,12-13,17H,6-11H2. The van der Waals surface area contributed by atoms with Crippen LogP contribution < -0.4 is 10.2 Å². The zero-order valence-corrected chi connectivity index (χ0v) is 12.0. The van der Waals surface area contributed by atoms with E-state index in [9.17, 15) is 0 Å². The maximum Gasteiger partial charge on any atom is 0.225 e. The molecule has 2 heterocycles. The van der Waals surface area contributed by atoms with Crippen LogP contribution >= 0.6 is 0 Å². The first-order chi connectivity index (χ1) is 10.4. The van der Waals surface area contributed by atoms with Gasteiger partial charge in [0, 0.05) is 44.1 Å². The van der Waals surface area contributed by atoms with Crippen LogP contribution in [0.3, 0.4) is 0 Å². The Kier molecular flexibility index (Phi) is 4.76. The highest BCUT2D eigenvalue weighted by atomic mass is 16.5. The van der Waals surface area contributed by atoms with Crippen LogP contribution in [0.15, 0.2) is 42.7 Å². The van der Waals surface area contributed by atoms with E-state index in [1.165, 1.54) is 5.56 Å². The van der Waals surface area contributed by atoms with Gasteiger partial charge in [0.15, 0.2) is 0 Å². The number of nitrogens with one attached hydrogen (secondary N) is 1. The molecule has 21 heavy (non-hydrogen) atoms. The molecule has 1 saturated heterocycles. The lowest BCUT2D eigenvalue weighted by molar-refractivity contribution is 0.122. The molecular weight excluding hydrogens is 264 g/mol. The first-order valence-corrected chi connectivity index (χ1v) is 7.30. The SMILES string of the molecule is c1ccc(CNCc2cnc(N3CCOCC3)nc2)cc1. The molecule has 110 valence electrons. The Morgan fingerprint density at radius 1 is 0.952 bits per heavy atom. The van der Waals surface area contributed by atoms with Crippen molar-refractivity contribution in [3.63, 3.8) is 0 Å². The number of benzene rings is 1. The van der Waals surface area contributed by atoms with Crippen LogP contribution in [0.4, 0.5) is 5.95 Å². The molecule has 1 aromatic heterocycles. The van der Waals surface area contributed by atoms with Gasteiger partial charge in [-0.15, -0.1) is 0 Å². The van der Waals surface area contributed by atoms with Crippen molar-refractivity contribution < 1.29 is 4.74 Å². The largest absolute Gasteiger partial charge is 0.378 e. The summed E-state index contributed by atoms with van der Waals surface area (Å²) in [5.41, 5.74) is 2.38. The molecule has 0 bridgehead atoms. The number of nitrogens with zero attached hydrogens (tertiary/aromatic N) is 3. The van der Waals surface area contributed by atoms with Crippen LogP contribution in [-0.2, 0) is 17.8 Å². The van der Waals surface area contributed by atoms with E-state index in [-0.39, 0.29) is 0 Å². The fraction of sp³-hybridized carbons (Fsp3) is 0.375. The van der Waals surface area contributed by atoms with E-state index in [2.05, 4.69) is 44.5 Å². The Labute approximate surface area is 125 Å². The molecular formula is C16H20N4O. The molecule has 5 heteroatoms. The number of aromatic nitrogens is 2. The second-order valence-corrected chi connectivity index (χ2v) is 5.08. The molecule has 0 saturated carbocycles. The number of rotatable bonds is 5. The van der Waals surface area contributed by atoms with Crippen LogP contribution in [0.25, 0.3) is 0 Å². The van der Waals surface area contributed by atoms with Crippen molar-refractivity contribution in [1.29, 1.82) is 0 Å². The molecule has 1 fully saturated rings. The number of hydrogen-bond donors (Lipinski definition) is 1. The maximum absolute atomic E-state index is 5.33. The summed E-state index contributed by atoms with van der Waals surface area (Å²) in [6.07, 6.45) is 3.80. The lowest BCUT2D eigenvalue weighted by Gasteiger charge is -2.26. The molecule has 1 aliphatic rings. The quantitative estimate of drug-likeness (QED) is 0.904. The van der Waals surface area contributed by atoms with Gasteiger partial charge in [-0.25, -0.2) is 9.97 Å².